The van der Waals surface area contributed by atoms with Crippen LogP contribution in [0.2, 0.25) is 0 Å². The number of rotatable bonds is 8. The van der Waals surface area contributed by atoms with Crippen molar-refractivity contribution < 1.29 is 9.53 Å². The smallest absolute Gasteiger partial charge is 0.221 e. The van der Waals surface area contributed by atoms with Gasteiger partial charge in [0, 0.05) is 19.0 Å². The van der Waals surface area contributed by atoms with Gasteiger partial charge in [-0.3, -0.25) is 4.79 Å². The number of hydrogen-bond acceptors (Lipinski definition) is 5. The monoisotopic (exact) mass is 280 g/mol. The average molecular weight is 280 g/mol. The molecule has 0 aliphatic carbocycles. The number of carbonyl (C=O) groups excluding carboxylic acids is 1. The van der Waals surface area contributed by atoms with Crippen molar-refractivity contribution in [3.8, 4) is 5.88 Å². The first-order valence-electron chi connectivity index (χ1n) is 7.06. The number of hydrogen-bond donors (Lipinski definition) is 2. The number of ether oxygens (including phenoxy) is 1. The Bertz CT molecular complexity index is 437. The molecule has 0 aliphatic heterocycles. The molecule has 6 heteroatoms. The molecular weight excluding hydrogens is 256 g/mol. The topological polar surface area (TPSA) is 76.1 Å². The van der Waals surface area contributed by atoms with Gasteiger partial charge in [-0.15, -0.1) is 0 Å². The third-order valence-electron chi connectivity index (χ3n) is 2.98. The highest BCUT2D eigenvalue weighted by molar-refractivity contribution is 5.76. The molecule has 1 atom stereocenters. The quantitative estimate of drug-likeness (QED) is 0.760. The Hall–Kier alpha value is -1.85. The summed E-state index contributed by atoms with van der Waals surface area (Å²) in [5.41, 5.74) is 0.858. The van der Waals surface area contributed by atoms with Gasteiger partial charge in [-0.05, 0) is 27.2 Å². The van der Waals surface area contributed by atoms with E-state index < -0.39 is 0 Å². The molecule has 0 spiro atoms. The summed E-state index contributed by atoms with van der Waals surface area (Å²) in [4.78, 5) is 19.9. The van der Waals surface area contributed by atoms with Crippen molar-refractivity contribution in [2.75, 3.05) is 18.5 Å². The molecule has 1 aromatic rings. The zero-order chi connectivity index (χ0) is 15.0. The fourth-order valence-corrected chi connectivity index (χ4v) is 1.64. The molecule has 1 amide bonds. The summed E-state index contributed by atoms with van der Waals surface area (Å²) < 4.78 is 5.40. The minimum Gasteiger partial charge on any atom is -0.478 e. The predicted octanol–water partition coefficient (Wildman–Crippen LogP) is 1.90. The van der Waals surface area contributed by atoms with Gasteiger partial charge in [0.15, 0.2) is 0 Å². The molecule has 0 aromatic carbocycles. The van der Waals surface area contributed by atoms with E-state index in [1.807, 2.05) is 27.7 Å². The number of aromatic nitrogens is 2. The van der Waals surface area contributed by atoms with Crippen LogP contribution in [0.3, 0.4) is 0 Å². The maximum atomic E-state index is 11.6. The predicted molar refractivity (Wildman–Crippen MR) is 78.9 cm³/mol. The van der Waals surface area contributed by atoms with E-state index in [-0.39, 0.29) is 11.9 Å². The third kappa shape index (κ3) is 5.03. The van der Waals surface area contributed by atoms with E-state index >= 15 is 0 Å². The molecule has 0 saturated heterocycles. The Balaban J connectivity index is 2.46. The van der Waals surface area contributed by atoms with Gasteiger partial charge in [0.2, 0.25) is 11.8 Å². The average Bonchev–Trinajstić information content (AvgIpc) is 2.43. The van der Waals surface area contributed by atoms with Crippen LogP contribution >= 0.6 is 0 Å². The summed E-state index contributed by atoms with van der Waals surface area (Å²) in [5.74, 6) is 1.33. The van der Waals surface area contributed by atoms with Crippen LogP contribution in [0.4, 0.5) is 5.82 Å². The van der Waals surface area contributed by atoms with Crippen LogP contribution in [0, 0.1) is 6.92 Å². The van der Waals surface area contributed by atoms with Crippen LogP contribution in [-0.2, 0) is 4.79 Å². The van der Waals surface area contributed by atoms with Gasteiger partial charge in [-0.2, -0.15) is 0 Å². The second-order valence-corrected chi connectivity index (χ2v) is 4.64. The molecule has 0 fully saturated rings. The highest BCUT2D eigenvalue weighted by Gasteiger charge is 2.09. The van der Waals surface area contributed by atoms with E-state index in [1.54, 1.807) is 0 Å². The minimum absolute atomic E-state index is 0.0450. The van der Waals surface area contributed by atoms with Gasteiger partial charge in [-0.1, -0.05) is 6.92 Å². The molecule has 0 saturated carbocycles. The van der Waals surface area contributed by atoms with Crippen molar-refractivity contribution in [3.05, 3.63) is 11.9 Å². The standard InChI is InChI=1S/C14H24N4O2/c1-5-10(3)18-12(19)7-8-15-13-11(4)14(20-6-2)17-9-16-13/h9-10H,5-8H2,1-4H3,(H,18,19)(H,15,16,17). The van der Waals surface area contributed by atoms with Gasteiger partial charge in [0.1, 0.15) is 12.1 Å². The van der Waals surface area contributed by atoms with Crippen molar-refractivity contribution in [1.82, 2.24) is 15.3 Å². The minimum atomic E-state index is 0.0450. The van der Waals surface area contributed by atoms with Crippen molar-refractivity contribution in [1.29, 1.82) is 0 Å². The van der Waals surface area contributed by atoms with Crippen LogP contribution in [-0.4, -0.2) is 35.1 Å². The molecule has 1 rings (SSSR count). The normalized spacial score (nSPS) is 11.8. The van der Waals surface area contributed by atoms with E-state index in [2.05, 4.69) is 20.6 Å². The SMILES string of the molecule is CCOc1ncnc(NCCC(=O)NC(C)CC)c1C. The fraction of sp³-hybridized carbons (Fsp3) is 0.643. The summed E-state index contributed by atoms with van der Waals surface area (Å²) in [5, 5.41) is 6.07. The van der Waals surface area contributed by atoms with Crippen molar-refractivity contribution in [2.45, 2.75) is 46.6 Å². The molecule has 1 heterocycles. The van der Waals surface area contributed by atoms with Crippen LogP contribution in [0.15, 0.2) is 6.33 Å². The molecule has 0 aliphatic rings. The number of carbonyl (C=O) groups is 1. The molecule has 6 nitrogen and oxygen atoms in total. The van der Waals surface area contributed by atoms with Crippen LogP contribution < -0.4 is 15.4 Å². The highest BCUT2D eigenvalue weighted by atomic mass is 16.5. The largest absolute Gasteiger partial charge is 0.478 e. The maximum absolute atomic E-state index is 11.6. The lowest BCUT2D eigenvalue weighted by Gasteiger charge is -2.13. The van der Waals surface area contributed by atoms with E-state index in [0.717, 1.165) is 12.0 Å². The molecule has 2 N–H and O–H groups in total. The lowest BCUT2D eigenvalue weighted by molar-refractivity contribution is -0.121. The van der Waals surface area contributed by atoms with Crippen LogP contribution in [0.5, 0.6) is 5.88 Å². The second-order valence-electron chi connectivity index (χ2n) is 4.64. The second kappa shape index (κ2) is 8.35. The Morgan fingerprint density at radius 1 is 1.40 bits per heavy atom. The molecule has 20 heavy (non-hydrogen) atoms. The van der Waals surface area contributed by atoms with E-state index in [4.69, 9.17) is 4.74 Å². The van der Waals surface area contributed by atoms with Gasteiger partial charge < -0.3 is 15.4 Å². The molecule has 1 aromatic heterocycles. The van der Waals surface area contributed by atoms with Crippen LogP contribution in [0.25, 0.3) is 0 Å². The Morgan fingerprint density at radius 3 is 2.80 bits per heavy atom. The van der Waals surface area contributed by atoms with Gasteiger partial charge >= 0.3 is 0 Å². The van der Waals surface area contributed by atoms with Crippen molar-refractivity contribution in [2.24, 2.45) is 0 Å². The maximum Gasteiger partial charge on any atom is 0.221 e. The summed E-state index contributed by atoms with van der Waals surface area (Å²) in [6.45, 7) is 8.94. The zero-order valence-corrected chi connectivity index (χ0v) is 12.7. The van der Waals surface area contributed by atoms with Crippen molar-refractivity contribution >= 4 is 11.7 Å². The lowest BCUT2D eigenvalue weighted by atomic mass is 10.2. The first-order chi connectivity index (χ1) is 9.58. The Kier molecular flexibility index (Phi) is 6.76. The number of amides is 1. The summed E-state index contributed by atoms with van der Waals surface area (Å²) in [6, 6.07) is 0.216. The number of nitrogens with zero attached hydrogens (tertiary/aromatic N) is 2. The summed E-state index contributed by atoms with van der Waals surface area (Å²) in [7, 11) is 0. The van der Waals surface area contributed by atoms with Gasteiger partial charge in [0.25, 0.3) is 0 Å². The highest BCUT2D eigenvalue weighted by Crippen LogP contribution is 2.19. The molecule has 0 bridgehead atoms. The van der Waals surface area contributed by atoms with E-state index in [9.17, 15) is 4.79 Å². The molecule has 1 unspecified atom stereocenters. The van der Waals surface area contributed by atoms with Crippen LogP contribution in [0.1, 0.15) is 39.2 Å². The summed E-state index contributed by atoms with van der Waals surface area (Å²) >= 11 is 0. The van der Waals surface area contributed by atoms with Gasteiger partial charge in [0.05, 0.1) is 12.2 Å². The summed E-state index contributed by atoms with van der Waals surface area (Å²) in [6.07, 6.45) is 2.80. The first-order valence-corrected chi connectivity index (χ1v) is 7.06. The fourth-order valence-electron chi connectivity index (χ4n) is 1.64. The zero-order valence-electron chi connectivity index (χ0n) is 12.7. The van der Waals surface area contributed by atoms with Crippen molar-refractivity contribution in [3.63, 3.8) is 0 Å². The van der Waals surface area contributed by atoms with E-state index in [1.165, 1.54) is 6.33 Å². The lowest BCUT2D eigenvalue weighted by Crippen LogP contribution is -2.33. The first kappa shape index (κ1) is 16.2. The van der Waals surface area contributed by atoms with E-state index in [0.29, 0.717) is 31.3 Å². The molecular formula is C14H24N4O2. The van der Waals surface area contributed by atoms with Gasteiger partial charge in [-0.25, -0.2) is 9.97 Å². The number of anilines is 1. The molecule has 112 valence electrons. The third-order valence-corrected chi connectivity index (χ3v) is 2.98. The molecule has 0 radical (unpaired) electrons. The Labute approximate surface area is 120 Å². The number of nitrogens with one attached hydrogen (secondary N) is 2. The Morgan fingerprint density at radius 2 is 2.15 bits per heavy atom.